The molecule has 4 nitrogen and oxygen atoms in total. The highest BCUT2D eigenvalue weighted by Crippen LogP contribution is 2.49. The standard InChI is InChI=1S/C92H67BN4/c1-91(2,3)62-40-44-80-73(50-62)74-51-63(92(4,5)6)41-45-81(74)95(80)64-52-76-72-47-60(56-26-13-8-14-27-56)39-43-83(72)97-89(76)78(53-64)93-77-49-61(57-28-15-9-16-29-57)48-75-71-46-59(55-24-11-7-12-25-55)38-42-82(71)96(88(75)77)84-54-79-85(90(97)86(84)93)70-37-23-36-69(87(70)94-79)68-35-22-21-34-67(68)66-33-20-19-32-65(66)58-30-17-10-18-31-58/h7-54,94H,1-6H3/i7D,8D,9D,11D,12D,13D,14D,15D,16D,24D,25D,26D,27D,28D,29D. The Morgan fingerprint density at radius 2 is 0.804 bits per heavy atom. The number of para-hydroxylation sites is 1. The highest BCUT2D eigenvalue weighted by molar-refractivity contribution is 7.00. The molecule has 0 fully saturated rings. The first-order chi connectivity index (χ1) is 53.6. The van der Waals surface area contributed by atoms with Crippen molar-refractivity contribution in [3.05, 3.63) is 302 Å². The number of nitrogens with one attached hydrogen (secondary N) is 1. The molecule has 14 aromatic carbocycles. The Kier molecular flexibility index (Phi) is 8.98. The zero-order valence-electron chi connectivity index (χ0n) is 69.0. The Labute approximate surface area is 585 Å². The van der Waals surface area contributed by atoms with Gasteiger partial charge in [0, 0.05) is 71.1 Å². The summed E-state index contributed by atoms with van der Waals surface area (Å²) in [4.78, 5) is 4.08. The van der Waals surface area contributed by atoms with Crippen LogP contribution in [0.5, 0.6) is 0 Å². The molecule has 20 rings (SSSR count). The topological polar surface area (TPSA) is 30.6 Å². The molecule has 5 heteroatoms. The molecule has 0 atom stereocenters. The van der Waals surface area contributed by atoms with Gasteiger partial charge in [-0.1, -0.05) is 260 Å². The summed E-state index contributed by atoms with van der Waals surface area (Å²) in [5.41, 5.74) is 20.5. The van der Waals surface area contributed by atoms with Crippen molar-refractivity contribution in [3.8, 4) is 83.8 Å². The van der Waals surface area contributed by atoms with E-state index in [0.717, 1.165) is 149 Å². The number of aromatic amines is 1. The van der Waals surface area contributed by atoms with Crippen molar-refractivity contribution >= 4 is 110 Å². The molecule has 0 bridgehead atoms. The van der Waals surface area contributed by atoms with E-state index in [4.69, 9.17) is 9.60 Å². The molecule has 0 aliphatic carbocycles. The number of aromatic nitrogens is 4. The fourth-order valence-corrected chi connectivity index (χ4v) is 16.3. The van der Waals surface area contributed by atoms with Gasteiger partial charge in [0.15, 0.2) is 0 Å². The normalized spacial score (nSPS) is 15.0. The SMILES string of the molecule is [2H]c1c([2H])c([2H])c(-c2ccc3c(c2)c2cc(-c4c([2H])c([2H])c([2H])c([2H])c4[2H])cc4c2n3-c2cc3[nH]c5c(-c6ccccc6-c6ccccc6-c6ccccc6)cccc5c3c3c2B4c2cc(-n4c5ccc(C(C)(C)C)cc5c5cc(C(C)(C)C)ccc54)cc4c5cc(-c6c([2H])c([2H])c([2H])c([2H])c6[2H])ccc5n-3c24)c([2H])c1[2H]. The van der Waals surface area contributed by atoms with E-state index < -0.39 is 73.2 Å². The van der Waals surface area contributed by atoms with Crippen molar-refractivity contribution in [1.29, 1.82) is 0 Å². The number of rotatable bonds is 7. The highest BCUT2D eigenvalue weighted by Gasteiger charge is 2.43. The zero-order chi connectivity index (χ0) is 77.8. The van der Waals surface area contributed by atoms with Crippen LogP contribution >= 0.6 is 0 Å². The van der Waals surface area contributed by atoms with Crippen LogP contribution in [0, 0.1) is 0 Å². The van der Waals surface area contributed by atoms with Gasteiger partial charge in [0.25, 0.3) is 6.71 Å². The van der Waals surface area contributed by atoms with E-state index in [2.05, 4.69) is 206 Å². The van der Waals surface area contributed by atoms with Gasteiger partial charge in [-0.25, -0.2) is 0 Å². The lowest BCUT2D eigenvalue weighted by molar-refractivity contribution is 0.590. The predicted octanol–water partition coefficient (Wildman–Crippen LogP) is 22.4. The molecule has 18 aromatic rings. The van der Waals surface area contributed by atoms with E-state index in [1.165, 1.54) is 0 Å². The molecule has 97 heavy (non-hydrogen) atoms. The lowest BCUT2D eigenvalue weighted by Crippen LogP contribution is -2.59. The third-order valence-electron chi connectivity index (χ3n) is 20.7. The fraction of sp³-hybridized carbons (Fsp3) is 0.0870. The van der Waals surface area contributed by atoms with Crippen LogP contribution in [0.1, 0.15) is 73.2 Å². The predicted molar refractivity (Wildman–Crippen MR) is 413 cm³/mol. The second kappa shape index (κ2) is 20.4. The fourth-order valence-electron chi connectivity index (χ4n) is 16.3. The molecule has 0 spiro atoms. The molecule has 1 N–H and O–H groups in total. The first kappa shape index (κ1) is 42.6. The minimum Gasteiger partial charge on any atom is -0.354 e. The second-order valence-corrected chi connectivity index (χ2v) is 28.2. The van der Waals surface area contributed by atoms with Crippen LogP contribution in [-0.2, 0) is 10.8 Å². The molecule has 6 heterocycles. The van der Waals surface area contributed by atoms with Crippen molar-refractivity contribution < 1.29 is 20.6 Å². The molecule has 4 aromatic heterocycles. The Balaban J connectivity index is 0.985. The Hall–Kier alpha value is -11.7. The lowest BCUT2D eigenvalue weighted by Gasteiger charge is -2.34. The van der Waals surface area contributed by atoms with Gasteiger partial charge in [0.1, 0.15) is 0 Å². The van der Waals surface area contributed by atoms with Gasteiger partial charge in [0.2, 0.25) is 0 Å². The third kappa shape index (κ3) is 8.18. The van der Waals surface area contributed by atoms with Gasteiger partial charge in [-0.3, -0.25) is 0 Å². The van der Waals surface area contributed by atoms with E-state index in [1.54, 1.807) is 6.07 Å². The maximum Gasteiger partial charge on any atom is 0.252 e. The molecule has 2 aliphatic rings. The summed E-state index contributed by atoms with van der Waals surface area (Å²) in [7, 11) is 0. The van der Waals surface area contributed by atoms with Crippen molar-refractivity contribution in [1.82, 2.24) is 18.7 Å². The zero-order valence-corrected chi connectivity index (χ0v) is 54.0. The average molecular weight is 1250 g/mol. The van der Waals surface area contributed by atoms with Gasteiger partial charge in [0.05, 0.1) is 59.3 Å². The van der Waals surface area contributed by atoms with Crippen LogP contribution in [0.2, 0.25) is 0 Å². The summed E-state index contributed by atoms with van der Waals surface area (Å²) in [5.74, 6) is 0. The van der Waals surface area contributed by atoms with Gasteiger partial charge in [-0.05, 0) is 172 Å². The quantitative estimate of drug-likeness (QED) is 0.154. The van der Waals surface area contributed by atoms with E-state index in [0.29, 0.717) is 33.0 Å². The van der Waals surface area contributed by atoms with Crippen molar-refractivity contribution in [2.24, 2.45) is 0 Å². The van der Waals surface area contributed by atoms with E-state index in [1.807, 2.05) is 48.5 Å². The summed E-state index contributed by atoms with van der Waals surface area (Å²) < 4.78 is 144. The van der Waals surface area contributed by atoms with Gasteiger partial charge in [-0.15, -0.1) is 0 Å². The van der Waals surface area contributed by atoms with Crippen LogP contribution in [0.25, 0.3) is 171 Å². The molecule has 0 saturated carbocycles. The lowest BCUT2D eigenvalue weighted by atomic mass is 9.34. The van der Waals surface area contributed by atoms with E-state index in [-0.39, 0.29) is 51.7 Å². The average Bonchev–Trinajstić information content (AvgIpc) is 1.47. The summed E-state index contributed by atoms with van der Waals surface area (Å²) in [6.07, 6.45) is 0. The first-order valence-electron chi connectivity index (χ1n) is 40.5. The minimum absolute atomic E-state index is 0.000604. The molecule has 2 aliphatic heterocycles. The number of hydrogen-bond acceptors (Lipinski definition) is 0. The third-order valence-corrected chi connectivity index (χ3v) is 20.7. The Morgan fingerprint density at radius 1 is 0.340 bits per heavy atom. The number of benzene rings is 14. The highest BCUT2D eigenvalue weighted by atomic mass is 15.0. The van der Waals surface area contributed by atoms with Crippen LogP contribution in [0.3, 0.4) is 0 Å². The monoisotopic (exact) mass is 1250 g/mol. The summed E-state index contributed by atoms with van der Waals surface area (Å²) in [6.45, 7) is 12.6. The maximum atomic E-state index is 9.73. The van der Waals surface area contributed by atoms with E-state index >= 15 is 0 Å². The molecular formula is C92H67BN4. The molecule has 0 unspecified atom stereocenters. The summed E-state index contributed by atoms with van der Waals surface area (Å²) >= 11 is 0. The number of fused-ring (bicyclic) bond motifs is 17. The second-order valence-electron chi connectivity index (χ2n) is 28.2. The summed E-state index contributed by atoms with van der Waals surface area (Å²) in [5, 5.41) is 6.62. The number of nitrogens with zero attached hydrogens (tertiary/aromatic N) is 3. The Bertz CT molecular complexity index is 7200. The van der Waals surface area contributed by atoms with Crippen LogP contribution in [-0.4, -0.2) is 25.4 Å². The van der Waals surface area contributed by atoms with Crippen molar-refractivity contribution in [2.45, 2.75) is 52.4 Å². The Morgan fingerprint density at radius 3 is 1.40 bits per heavy atom. The van der Waals surface area contributed by atoms with E-state index in [9.17, 15) is 11.0 Å². The maximum absolute atomic E-state index is 9.73. The smallest absolute Gasteiger partial charge is 0.252 e. The molecule has 0 saturated heterocycles. The van der Waals surface area contributed by atoms with Gasteiger partial charge >= 0.3 is 0 Å². The van der Waals surface area contributed by atoms with Crippen LogP contribution in [0.4, 0.5) is 0 Å². The minimum atomic E-state index is -0.755. The molecule has 0 radical (unpaired) electrons. The summed E-state index contributed by atoms with van der Waals surface area (Å²) in [6, 6.07) is 62.4. The number of hydrogen-bond donors (Lipinski definition) is 1. The molecule has 458 valence electrons. The molecular weight excluding hydrogens is 1170 g/mol. The largest absolute Gasteiger partial charge is 0.354 e. The van der Waals surface area contributed by atoms with Crippen LogP contribution in [0.15, 0.2) is 291 Å². The van der Waals surface area contributed by atoms with Crippen molar-refractivity contribution in [2.75, 3.05) is 0 Å². The van der Waals surface area contributed by atoms with Crippen LogP contribution < -0.4 is 16.4 Å². The number of H-pyrrole nitrogens is 1. The van der Waals surface area contributed by atoms with Gasteiger partial charge in [-0.2, -0.15) is 0 Å². The van der Waals surface area contributed by atoms with Gasteiger partial charge < -0.3 is 18.7 Å². The van der Waals surface area contributed by atoms with Crippen molar-refractivity contribution in [3.63, 3.8) is 0 Å². The molecule has 0 amide bonds. The first-order valence-corrected chi connectivity index (χ1v) is 33.0.